The van der Waals surface area contributed by atoms with E-state index in [0.29, 0.717) is 24.4 Å². The van der Waals surface area contributed by atoms with E-state index in [0.717, 1.165) is 12.0 Å². The molecule has 0 atom stereocenters. The zero-order valence-corrected chi connectivity index (χ0v) is 10.3. The number of carbonyl (C=O) groups excluding carboxylic acids is 2. The third-order valence-corrected chi connectivity index (χ3v) is 3.07. The maximum absolute atomic E-state index is 12.1. The molecule has 3 nitrogen and oxygen atoms in total. The first-order chi connectivity index (χ1) is 8.09. The van der Waals surface area contributed by atoms with Crippen molar-refractivity contribution in [2.24, 2.45) is 5.92 Å². The Kier molecular flexibility index (Phi) is 3.27. The lowest BCUT2D eigenvalue weighted by molar-refractivity contribution is -0.128. The Balaban J connectivity index is 2.21. The van der Waals surface area contributed by atoms with Crippen LogP contribution in [0.25, 0.3) is 0 Å². The summed E-state index contributed by atoms with van der Waals surface area (Å²) in [5, 5.41) is 0. The average Bonchev–Trinajstić information content (AvgIpc) is 2.28. The third kappa shape index (κ3) is 2.38. The van der Waals surface area contributed by atoms with Gasteiger partial charge in [0.05, 0.1) is 6.42 Å². The largest absolute Gasteiger partial charge is 0.278 e. The molecule has 0 radical (unpaired) electrons. The Morgan fingerprint density at radius 3 is 2.65 bits per heavy atom. The maximum Gasteiger partial charge on any atom is 0.260 e. The van der Waals surface area contributed by atoms with Gasteiger partial charge in [-0.25, -0.2) is 0 Å². The Labute approximate surface area is 101 Å². The minimum Gasteiger partial charge on any atom is -0.278 e. The number of amides is 2. The smallest absolute Gasteiger partial charge is 0.260 e. The number of fused-ring (bicyclic) bond motifs is 1. The molecule has 1 aromatic rings. The topological polar surface area (TPSA) is 37.4 Å². The van der Waals surface area contributed by atoms with E-state index in [1.807, 2.05) is 18.2 Å². The fourth-order valence-corrected chi connectivity index (χ4v) is 2.01. The molecule has 0 spiro atoms. The molecule has 0 saturated heterocycles. The predicted octanol–water partition coefficient (Wildman–Crippen LogP) is 2.26. The monoisotopic (exact) mass is 231 g/mol. The lowest BCUT2D eigenvalue weighted by Crippen LogP contribution is -2.43. The highest BCUT2D eigenvalue weighted by molar-refractivity contribution is 6.09. The predicted molar refractivity (Wildman–Crippen MR) is 65.6 cm³/mol. The van der Waals surface area contributed by atoms with E-state index in [1.54, 1.807) is 6.07 Å². The van der Waals surface area contributed by atoms with Crippen molar-refractivity contribution in [1.29, 1.82) is 0 Å². The van der Waals surface area contributed by atoms with Crippen molar-refractivity contribution in [2.45, 2.75) is 26.7 Å². The van der Waals surface area contributed by atoms with Gasteiger partial charge < -0.3 is 0 Å². The second-order valence-corrected chi connectivity index (χ2v) is 4.87. The zero-order chi connectivity index (χ0) is 12.4. The number of hydrogen-bond acceptors (Lipinski definition) is 2. The van der Waals surface area contributed by atoms with Gasteiger partial charge in [0, 0.05) is 12.1 Å². The van der Waals surface area contributed by atoms with Crippen LogP contribution in [0.3, 0.4) is 0 Å². The van der Waals surface area contributed by atoms with Crippen molar-refractivity contribution >= 4 is 11.8 Å². The fourth-order valence-electron chi connectivity index (χ4n) is 2.01. The summed E-state index contributed by atoms with van der Waals surface area (Å²) in [7, 11) is 0. The molecule has 2 rings (SSSR count). The SMILES string of the molecule is CC(C)CCN1C(=O)Cc2ccccc2C1=O. The fraction of sp³-hybridized carbons (Fsp3) is 0.429. The minimum absolute atomic E-state index is 0.0747. The summed E-state index contributed by atoms with van der Waals surface area (Å²) < 4.78 is 0. The molecule has 1 heterocycles. The van der Waals surface area contributed by atoms with E-state index in [2.05, 4.69) is 13.8 Å². The molecule has 3 heteroatoms. The van der Waals surface area contributed by atoms with Crippen molar-refractivity contribution < 1.29 is 9.59 Å². The highest BCUT2D eigenvalue weighted by atomic mass is 16.2. The quantitative estimate of drug-likeness (QED) is 0.748. The van der Waals surface area contributed by atoms with E-state index in [-0.39, 0.29) is 11.8 Å². The number of carbonyl (C=O) groups is 2. The molecule has 1 aliphatic heterocycles. The summed E-state index contributed by atoms with van der Waals surface area (Å²) in [6, 6.07) is 7.35. The molecular formula is C14H17NO2. The van der Waals surface area contributed by atoms with Crippen LogP contribution in [0.5, 0.6) is 0 Å². The molecule has 2 amide bonds. The summed E-state index contributed by atoms with van der Waals surface area (Å²) in [4.78, 5) is 25.4. The van der Waals surface area contributed by atoms with Crippen LogP contribution in [0.2, 0.25) is 0 Å². The van der Waals surface area contributed by atoms with Gasteiger partial charge in [0.15, 0.2) is 0 Å². The van der Waals surface area contributed by atoms with Gasteiger partial charge in [0.2, 0.25) is 5.91 Å². The summed E-state index contributed by atoms with van der Waals surface area (Å²) in [5.74, 6) is 0.277. The Bertz CT molecular complexity index is 451. The normalized spacial score (nSPS) is 15.4. The van der Waals surface area contributed by atoms with E-state index < -0.39 is 0 Å². The third-order valence-electron chi connectivity index (χ3n) is 3.07. The van der Waals surface area contributed by atoms with Crippen LogP contribution < -0.4 is 0 Å². The Morgan fingerprint density at radius 2 is 1.94 bits per heavy atom. The Hall–Kier alpha value is -1.64. The van der Waals surface area contributed by atoms with E-state index in [4.69, 9.17) is 0 Å². The van der Waals surface area contributed by atoms with Crippen LogP contribution in [0.15, 0.2) is 24.3 Å². The highest BCUT2D eigenvalue weighted by Gasteiger charge is 2.29. The highest BCUT2D eigenvalue weighted by Crippen LogP contribution is 2.20. The second kappa shape index (κ2) is 4.70. The minimum atomic E-state index is -0.141. The van der Waals surface area contributed by atoms with Crippen molar-refractivity contribution in [3.05, 3.63) is 35.4 Å². The second-order valence-electron chi connectivity index (χ2n) is 4.87. The van der Waals surface area contributed by atoms with Crippen molar-refractivity contribution in [2.75, 3.05) is 6.54 Å². The van der Waals surface area contributed by atoms with Crippen LogP contribution >= 0.6 is 0 Å². The van der Waals surface area contributed by atoms with Gasteiger partial charge in [-0.1, -0.05) is 32.0 Å². The van der Waals surface area contributed by atoms with Gasteiger partial charge in [-0.15, -0.1) is 0 Å². The van der Waals surface area contributed by atoms with Gasteiger partial charge in [-0.2, -0.15) is 0 Å². The molecule has 0 unspecified atom stereocenters. The number of hydrogen-bond donors (Lipinski definition) is 0. The van der Waals surface area contributed by atoms with Crippen LogP contribution in [-0.4, -0.2) is 23.3 Å². The molecular weight excluding hydrogens is 214 g/mol. The van der Waals surface area contributed by atoms with Crippen LogP contribution in [0, 0.1) is 5.92 Å². The number of rotatable bonds is 3. The van der Waals surface area contributed by atoms with Crippen molar-refractivity contribution in [3.8, 4) is 0 Å². The van der Waals surface area contributed by atoms with Crippen LogP contribution in [0.1, 0.15) is 36.2 Å². The average molecular weight is 231 g/mol. The molecule has 0 aliphatic carbocycles. The van der Waals surface area contributed by atoms with Gasteiger partial charge in [-0.05, 0) is 24.0 Å². The lowest BCUT2D eigenvalue weighted by atomic mass is 9.98. The standard InChI is InChI=1S/C14H17NO2/c1-10(2)7-8-15-13(16)9-11-5-3-4-6-12(11)14(15)17/h3-6,10H,7-9H2,1-2H3. The van der Waals surface area contributed by atoms with E-state index >= 15 is 0 Å². The summed E-state index contributed by atoms with van der Waals surface area (Å²) in [5.41, 5.74) is 1.53. The first-order valence-corrected chi connectivity index (χ1v) is 6.02. The Morgan fingerprint density at radius 1 is 1.24 bits per heavy atom. The molecule has 1 aromatic carbocycles. The molecule has 0 aromatic heterocycles. The van der Waals surface area contributed by atoms with Crippen LogP contribution in [0.4, 0.5) is 0 Å². The summed E-state index contributed by atoms with van der Waals surface area (Å²) in [6.07, 6.45) is 1.21. The summed E-state index contributed by atoms with van der Waals surface area (Å²) >= 11 is 0. The van der Waals surface area contributed by atoms with Gasteiger partial charge in [0.25, 0.3) is 5.91 Å². The van der Waals surface area contributed by atoms with Crippen LogP contribution in [-0.2, 0) is 11.2 Å². The van der Waals surface area contributed by atoms with Crippen molar-refractivity contribution in [1.82, 2.24) is 4.90 Å². The first kappa shape index (κ1) is 11.8. The molecule has 0 fully saturated rings. The zero-order valence-electron chi connectivity index (χ0n) is 10.3. The van der Waals surface area contributed by atoms with Gasteiger partial charge >= 0.3 is 0 Å². The maximum atomic E-state index is 12.1. The summed E-state index contributed by atoms with van der Waals surface area (Å²) in [6.45, 7) is 4.71. The molecule has 0 bridgehead atoms. The molecule has 90 valence electrons. The molecule has 0 N–H and O–H groups in total. The van der Waals surface area contributed by atoms with E-state index in [1.165, 1.54) is 4.90 Å². The molecule has 17 heavy (non-hydrogen) atoms. The molecule has 1 aliphatic rings. The van der Waals surface area contributed by atoms with Crippen molar-refractivity contribution in [3.63, 3.8) is 0 Å². The number of imide groups is 1. The lowest BCUT2D eigenvalue weighted by Gasteiger charge is -2.27. The van der Waals surface area contributed by atoms with E-state index in [9.17, 15) is 9.59 Å². The number of nitrogens with zero attached hydrogens (tertiary/aromatic N) is 1. The molecule has 0 saturated carbocycles. The van der Waals surface area contributed by atoms with Gasteiger partial charge in [-0.3, -0.25) is 14.5 Å². The number of benzene rings is 1. The first-order valence-electron chi connectivity index (χ1n) is 6.02. The van der Waals surface area contributed by atoms with Gasteiger partial charge in [0.1, 0.15) is 0 Å².